The standard InChI is InChI=1S/C16H25FN2/c1-12(2)9-14-11-19(8-4-7-18-14)16-6-5-13(3)10-15(16)17/h5-6,10,12,14,18H,4,7-9,11H2,1-3H3. The van der Waals surface area contributed by atoms with E-state index in [4.69, 9.17) is 0 Å². The number of nitrogens with one attached hydrogen (secondary N) is 1. The second-order valence-corrected chi connectivity index (χ2v) is 6.04. The van der Waals surface area contributed by atoms with Crippen LogP contribution in [-0.2, 0) is 0 Å². The topological polar surface area (TPSA) is 15.3 Å². The molecule has 1 aromatic carbocycles. The molecule has 106 valence electrons. The highest BCUT2D eigenvalue weighted by atomic mass is 19.1. The first-order valence-corrected chi connectivity index (χ1v) is 7.30. The lowest BCUT2D eigenvalue weighted by molar-refractivity contribution is 0.435. The molecule has 0 radical (unpaired) electrons. The van der Waals surface area contributed by atoms with E-state index in [2.05, 4.69) is 24.1 Å². The molecule has 0 aromatic heterocycles. The van der Waals surface area contributed by atoms with Gasteiger partial charge in [0.25, 0.3) is 0 Å². The highest BCUT2D eigenvalue weighted by Gasteiger charge is 2.20. The third kappa shape index (κ3) is 3.93. The van der Waals surface area contributed by atoms with Gasteiger partial charge < -0.3 is 10.2 Å². The molecule has 2 nitrogen and oxygen atoms in total. The highest BCUT2D eigenvalue weighted by molar-refractivity contribution is 5.49. The third-order valence-electron chi connectivity index (χ3n) is 3.68. The summed E-state index contributed by atoms with van der Waals surface area (Å²) in [6.45, 7) is 9.27. The number of halogens is 1. The number of anilines is 1. The van der Waals surface area contributed by atoms with Crippen molar-refractivity contribution >= 4 is 5.69 Å². The van der Waals surface area contributed by atoms with Gasteiger partial charge in [-0.3, -0.25) is 0 Å². The summed E-state index contributed by atoms with van der Waals surface area (Å²) in [7, 11) is 0. The maximum atomic E-state index is 14.1. The zero-order chi connectivity index (χ0) is 13.8. The Balaban J connectivity index is 2.13. The smallest absolute Gasteiger partial charge is 0.146 e. The van der Waals surface area contributed by atoms with E-state index in [9.17, 15) is 4.39 Å². The van der Waals surface area contributed by atoms with E-state index >= 15 is 0 Å². The van der Waals surface area contributed by atoms with E-state index in [1.54, 1.807) is 6.07 Å². The minimum absolute atomic E-state index is 0.0924. The van der Waals surface area contributed by atoms with Crippen molar-refractivity contribution in [2.45, 2.75) is 39.7 Å². The van der Waals surface area contributed by atoms with Gasteiger partial charge in [0.2, 0.25) is 0 Å². The van der Waals surface area contributed by atoms with Crippen molar-refractivity contribution in [3.8, 4) is 0 Å². The van der Waals surface area contributed by atoms with Gasteiger partial charge in [0.15, 0.2) is 0 Å². The van der Waals surface area contributed by atoms with Crippen LogP contribution in [0, 0.1) is 18.7 Å². The van der Waals surface area contributed by atoms with Crippen molar-refractivity contribution in [3.05, 3.63) is 29.6 Å². The Labute approximate surface area is 116 Å². The number of hydrogen-bond acceptors (Lipinski definition) is 2. The fourth-order valence-corrected chi connectivity index (χ4v) is 2.81. The quantitative estimate of drug-likeness (QED) is 0.900. The molecule has 2 rings (SSSR count). The molecule has 1 heterocycles. The Kier molecular flexibility index (Phi) is 4.81. The summed E-state index contributed by atoms with van der Waals surface area (Å²) in [5.74, 6) is 0.575. The average Bonchev–Trinajstić information content (AvgIpc) is 2.53. The third-order valence-corrected chi connectivity index (χ3v) is 3.68. The number of nitrogens with zero attached hydrogens (tertiary/aromatic N) is 1. The minimum atomic E-state index is -0.0924. The second kappa shape index (κ2) is 6.38. The number of benzene rings is 1. The Morgan fingerprint density at radius 2 is 2.21 bits per heavy atom. The van der Waals surface area contributed by atoms with Crippen molar-refractivity contribution in [2.75, 3.05) is 24.5 Å². The highest BCUT2D eigenvalue weighted by Crippen LogP contribution is 2.22. The van der Waals surface area contributed by atoms with Crippen LogP contribution in [0.1, 0.15) is 32.3 Å². The molecule has 0 saturated carbocycles. The molecule has 19 heavy (non-hydrogen) atoms. The Morgan fingerprint density at radius 1 is 1.42 bits per heavy atom. The number of aryl methyl sites for hydroxylation is 1. The molecule has 1 aliphatic heterocycles. The van der Waals surface area contributed by atoms with Gasteiger partial charge in [-0.1, -0.05) is 19.9 Å². The molecule has 0 bridgehead atoms. The summed E-state index contributed by atoms with van der Waals surface area (Å²) in [6, 6.07) is 6.00. The fourth-order valence-electron chi connectivity index (χ4n) is 2.81. The molecule has 0 spiro atoms. The normalized spacial score (nSPS) is 20.7. The molecule has 1 aliphatic rings. The number of hydrogen-bond donors (Lipinski definition) is 1. The predicted octanol–water partition coefficient (Wildman–Crippen LogP) is 3.35. The molecular weight excluding hydrogens is 239 g/mol. The van der Waals surface area contributed by atoms with E-state index in [1.165, 1.54) is 0 Å². The molecule has 1 saturated heterocycles. The van der Waals surface area contributed by atoms with E-state index in [0.29, 0.717) is 12.0 Å². The molecule has 3 heteroatoms. The van der Waals surface area contributed by atoms with Crippen LogP contribution in [0.25, 0.3) is 0 Å². The molecule has 0 amide bonds. The summed E-state index contributed by atoms with van der Waals surface area (Å²) >= 11 is 0. The van der Waals surface area contributed by atoms with Crippen LogP contribution in [-0.4, -0.2) is 25.7 Å². The van der Waals surface area contributed by atoms with Crippen LogP contribution in [0.3, 0.4) is 0 Å². The molecule has 1 atom stereocenters. The van der Waals surface area contributed by atoms with Gasteiger partial charge in [0, 0.05) is 19.1 Å². The molecule has 1 unspecified atom stereocenters. The molecule has 1 aromatic rings. The van der Waals surface area contributed by atoms with Crippen LogP contribution >= 0.6 is 0 Å². The van der Waals surface area contributed by atoms with Crippen molar-refractivity contribution in [1.82, 2.24) is 5.32 Å². The predicted molar refractivity (Wildman–Crippen MR) is 79.2 cm³/mol. The van der Waals surface area contributed by atoms with Gasteiger partial charge in [-0.15, -0.1) is 0 Å². The summed E-state index contributed by atoms with van der Waals surface area (Å²) < 4.78 is 14.1. The summed E-state index contributed by atoms with van der Waals surface area (Å²) in [5.41, 5.74) is 1.73. The SMILES string of the molecule is Cc1ccc(N2CCCNC(CC(C)C)C2)c(F)c1. The Morgan fingerprint density at radius 3 is 2.89 bits per heavy atom. The molecular formula is C16H25FN2. The first kappa shape index (κ1) is 14.3. The van der Waals surface area contributed by atoms with Crippen molar-refractivity contribution < 1.29 is 4.39 Å². The van der Waals surface area contributed by atoms with Gasteiger partial charge in [0.05, 0.1) is 5.69 Å². The first-order valence-electron chi connectivity index (χ1n) is 7.30. The molecule has 0 aliphatic carbocycles. The monoisotopic (exact) mass is 264 g/mol. The number of rotatable bonds is 3. The largest absolute Gasteiger partial charge is 0.368 e. The lowest BCUT2D eigenvalue weighted by Gasteiger charge is -2.27. The summed E-state index contributed by atoms with van der Waals surface area (Å²) in [5, 5.41) is 3.58. The van der Waals surface area contributed by atoms with Gasteiger partial charge in [0.1, 0.15) is 5.82 Å². The van der Waals surface area contributed by atoms with Crippen LogP contribution in [0.2, 0.25) is 0 Å². The Bertz CT molecular complexity index is 417. The maximum Gasteiger partial charge on any atom is 0.146 e. The zero-order valence-electron chi connectivity index (χ0n) is 12.2. The summed E-state index contributed by atoms with van der Waals surface area (Å²) in [4.78, 5) is 2.20. The van der Waals surface area contributed by atoms with E-state index in [-0.39, 0.29) is 5.82 Å². The fraction of sp³-hybridized carbons (Fsp3) is 0.625. The van der Waals surface area contributed by atoms with Crippen LogP contribution in [0.4, 0.5) is 10.1 Å². The Hall–Kier alpha value is -1.09. The zero-order valence-corrected chi connectivity index (χ0v) is 12.2. The molecule has 1 fully saturated rings. The summed E-state index contributed by atoms with van der Waals surface area (Å²) in [6.07, 6.45) is 2.21. The van der Waals surface area contributed by atoms with E-state index in [1.807, 2.05) is 19.1 Å². The second-order valence-electron chi connectivity index (χ2n) is 6.04. The van der Waals surface area contributed by atoms with Crippen LogP contribution in [0.15, 0.2) is 18.2 Å². The van der Waals surface area contributed by atoms with Crippen LogP contribution in [0.5, 0.6) is 0 Å². The maximum absolute atomic E-state index is 14.1. The van der Waals surface area contributed by atoms with Crippen molar-refractivity contribution in [2.24, 2.45) is 5.92 Å². The van der Waals surface area contributed by atoms with E-state index < -0.39 is 0 Å². The van der Waals surface area contributed by atoms with Gasteiger partial charge in [-0.05, 0) is 49.9 Å². The lowest BCUT2D eigenvalue weighted by atomic mass is 10.0. The lowest BCUT2D eigenvalue weighted by Crippen LogP contribution is -2.38. The van der Waals surface area contributed by atoms with Crippen molar-refractivity contribution in [1.29, 1.82) is 0 Å². The first-order chi connectivity index (χ1) is 9.06. The van der Waals surface area contributed by atoms with Gasteiger partial charge >= 0.3 is 0 Å². The van der Waals surface area contributed by atoms with Crippen molar-refractivity contribution in [3.63, 3.8) is 0 Å². The molecule has 1 N–H and O–H groups in total. The van der Waals surface area contributed by atoms with E-state index in [0.717, 1.165) is 43.7 Å². The average molecular weight is 264 g/mol. The van der Waals surface area contributed by atoms with Gasteiger partial charge in [-0.2, -0.15) is 0 Å². The van der Waals surface area contributed by atoms with Crippen LogP contribution < -0.4 is 10.2 Å². The van der Waals surface area contributed by atoms with Gasteiger partial charge in [-0.25, -0.2) is 4.39 Å². The minimum Gasteiger partial charge on any atom is -0.368 e.